The van der Waals surface area contributed by atoms with Gasteiger partial charge in [0.25, 0.3) is 0 Å². The van der Waals surface area contributed by atoms with Gasteiger partial charge in [-0.1, -0.05) is 23.7 Å². The van der Waals surface area contributed by atoms with Crippen molar-refractivity contribution in [1.82, 2.24) is 25.5 Å². The Morgan fingerprint density at radius 3 is 2.68 bits per heavy atom. The number of benzene rings is 1. The van der Waals surface area contributed by atoms with Crippen LogP contribution < -0.4 is 10.2 Å². The minimum atomic E-state index is -0.554. The van der Waals surface area contributed by atoms with E-state index in [1.165, 1.54) is 0 Å². The molecule has 0 atom stereocenters. The Bertz CT molecular complexity index is 1290. The van der Waals surface area contributed by atoms with Gasteiger partial charge in [0.1, 0.15) is 17.4 Å². The van der Waals surface area contributed by atoms with Gasteiger partial charge in [0.15, 0.2) is 11.3 Å². The van der Waals surface area contributed by atoms with E-state index < -0.39 is 17.2 Å². The van der Waals surface area contributed by atoms with Gasteiger partial charge in [0.2, 0.25) is 5.95 Å². The number of H-pyrrole nitrogens is 1. The first-order valence-electron chi connectivity index (χ1n) is 10.9. The number of hydrogen-bond donors (Lipinski definition) is 2. The zero-order valence-corrected chi connectivity index (χ0v) is 21.7. The second-order valence-electron chi connectivity index (χ2n) is 9.56. The van der Waals surface area contributed by atoms with E-state index >= 15 is 0 Å². The summed E-state index contributed by atoms with van der Waals surface area (Å²) in [5.74, 6) is 0.443. The molecule has 1 aromatic carbocycles. The van der Waals surface area contributed by atoms with Crippen LogP contribution in [0.3, 0.4) is 0 Å². The Morgan fingerprint density at radius 1 is 1.32 bits per heavy atom. The monoisotopic (exact) mass is 545 g/mol. The van der Waals surface area contributed by atoms with Crippen LogP contribution in [0.4, 0.5) is 10.7 Å². The van der Waals surface area contributed by atoms with Gasteiger partial charge in [-0.2, -0.15) is 15.3 Å². The minimum Gasteiger partial charge on any atom is -0.444 e. The number of ether oxygens (including phenoxy) is 1. The summed E-state index contributed by atoms with van der Waals surface area (Å²) in [6.07, 6.45) is 0.929. The Kier molecular flexibility index (Phi) is 6.44. The summed E-state index contributed by atoms with van der Waals surface area (Å²) in [6.45, 7) is 8.74. The van der Waals surface area contributed by atoms with Gasteiger partial charge in [0, 0.05) is 28.7 Å². The lowest BCUT2D eigenvalue weighted by Crippen LogP contribution is -2.54. The topological polar surface area (TPSA) is 120 Å². The molecule has 2 aromatic heterocycles. The third kappa shape index (κ3) is 4.95. The predicted molar refractivity (Wildman–Crippen MR) is 134 cm³/mol. The molecule has 1 aliphatic rings. The first-order chi connectivity index (χ1) is 16.0. The number of piperidine rings is 1. The highest BCUT2D eigenvalue weighted by molar-refractivity contribution is 9.10. The predicted octanol–water partition coefficient (Wildman–Crippen LogP) is 5.19. The molecular weight excluding hydrogens is 522 g/mol. The Morgan fingerprint density at radius 2 is 2.03 bits per heavy atom. The Balaban J connectivity index is 1.57. The average molecular weight is 547 g/mol. The van der Waals surface area contributed by atoms with E-state index in [0.717, 1.165) is 4.47 Å². The molecule has 1 saturated heterocycles. The number of nitrogens with zero attached hydrogens (tertiary/aromatic N) is 5. The van der Waals surface area contributed by atoms with E-state index in [2.05, 4.69) is 47.5 Å². The van der Waals surface area contributed by atoms with Gasteiger partial charge in [-0.05, 0) is 62.5 Å². The molecule has 3 heterocycles. The van der Waals surface area contributed by atoms with E-state index in [1.807, 2.05) is 50.8 Å². The van der Waals surface area contributed by atoms with Crippen LogP contribution in [0.5, 0.6) is 0 Å². The van der Waals surface area contributed by atoms with E-state index in [0.29, 0.717) is 59.2 Å². The second kappa shape index (κ2) is 9.04. The van der Waals surface area contributed by atoms with Crippen molar-refractivity contribution >= 4 is 50.6 Å². The van der Waals surface area contributed by atoms with Crippen molar-refractivity contribution in [2.24, 2.45) is 0 Å². The van der Waals surface area contributed by atoms with Crippen LogP contribution in [0.25, 0.3) is 22.3 Å². The molecule has 178 valence electrons. The first-order valence-corrected chi connectivity index (χ1v) is 12.0. The van der Waals surface area contributed by atoms with E-state index in [4.69, 9.17) is 16.3 Å². The van der Waals surface area contributed by atoms with E-state index in [9.17, 15) is 10.1 Å². The largest absolute Gasteiger partial charge is 0.444 e. The summed E-state index contributed by atoms with van der Waals surface area (Å²) in [7, 11) is 0. The number of rotatable bonds is 3. The van der Waals surface area contributed by atoms with Crippen LogP contribution in [0.1, 0.15) is 46.2 Å². The molecule has 2 N–H and O–H groups in total. The highest BCUT2D eigenvalue weighted by Gasteiger charge is 2.34. The SMILES string of the molecule is CC1(NC(=O)OC(C)(C)C)CCN(c2nc(C#N)c3c(-c4cccc(Br)c4Cl)n[nH]c3n2)CC1. The maximum atomic E-state index is 12.2. The number of nitriles is 1. The maximum Gasteiger partial charge on any atom is 0.408 e. The number of hydrogen-bond acceptors (Lipinski definition) is 7. The number of alkyl carbamates (subject to hydrolysis) is 1. The fourth-order valence-electron chi connectivity index (χ4n) is 3.90. The summed E-state index contributed by atoms with van der Waals surface area (Å²) < 4.78 is 6.13. The van der Waals surface area contributed by atoms with Crippen LogP contribution in [0.2, 0.25) is 5.02 Å². The number of amides is 1. The lowest BCUT2D eigenvalue weighted by atomic mass is 9.90. The van der Waals surface area contributed by atoms with Crippen molar-refractivity contribution in [1.29, 1.82) is 5.26 Å². The smallest absolute Gasteiger partial charge is 0.408 e. The maximum absolute atomic E-state index is 12.2. The molecule has 1 amide bonds. The third-order valence-electron chi connectivity index (χ3n) is 5.67. The van der Waals surface area contributed by atoms with E-state index in [1.54, 1.807) is 0 Å². The van der Waals surface area contributed by atoms with Crippen molar-refractivity contribution in [2.75, 3.05) is 18.0 Å². The Labute approximate surface area is 211 Å². The average Bonchev–Trinajstić information content (AvgIpc) is 3.17. The number of carbonyl (C=O) groups is 1. The molecule has 0 unspecified atom stereocenters. The van der Waals surface area contributed by atoms with Crippen molar-refractivity contribution in [3.8, 4) is 17.3 Å². The quantitative estimate of drug-likeness (QED) is 0.464. The normalized spacial score (nSPS) is 15.7. The number of aromatic amines is 1. The molecule has 1 aliphatic heterocycles. The van der Waals surface area contributed by atoms with Gasteiger partial charge in [-0.3, -0.25) is 5.10 Å². The summed E-state index contributed by atoms with van der Waals surface area (Å²) in [6, 6.07) is 7.70. The Hall–Kier alpha value is -2.90. The van der Waals surface area contributed by atoms with Crippen LogP contribution in [0.15, 0.2) is 22.7 Å². The fourth-order valence-corrected chi connectivity index (χ4v) is 4.48. The van der Waals surface area contributed by atoms with Crippen LogP contribution in [0, 0.1) is 11.3 Å². The number of anilines is 1. The first kappa shape index (κ1) is 24.2. The molecule has 1 fully saturated rings. The highest BCUT2D eigenvalue weighted by Crippen LogP contribution is 2.37. The van der Waals surface area contributed by atoms with Crippen LogP contribution >= 0.6 is 27.5 Å². The molecule has 0 radical (unpaired) electrons. The lowest BCUT2D eigenvalue weighted by Gasteiger charge is -2.40. The molecule has 4 rings (SSSR count). The molecule has 0 bridgehead atoms. The highest BCUT2D eigenvalue weighted by atomic mass is 79.9. The molecule has 34 heavy (non-hydrogen) atoms. The van der Waals surface area contributed by atoms with Crippen molar-refractivity contribution in [2.45, 2.75) is 51.7 Å². The van der Waals surface area contributed by atoms with Crippen molar-refractivity contribution < 1.29 is 9.53 Å². The molecule has 11 heteroatoms. The zero-order valence-electron chi connectivity index (χ0n) is 19.4. The number of carbonyl (C=O) groups excluding carboxylic acids is 1. The molecule has 0 saturated carbocycles. The minimum absolute atomic E-state index is 0.222. The fraction of sp³-hybridized carbons (Fsp3) is 0.435. The van der Waals surface area contributed by atoms with Gasteiger partial charge >= 0.3 is 6.09 Å². The summed E-state index contributed by atoms with van der Waals surface area (Å²) >= 11 is 9.89. The number of nitrogens with one attached hydrogen (secondary N) is 2. The lowest BCUT2D eigenvalue weighted by molar-refractivity contribution is 0.0448. The molecule has 0 spiro atoms. The third-order valence-corrected chi connectivity index (χ3v) is 6.97. The van der Waals surface area contributed by atoms with Crippen molar-refractivity contribution in [3.05, 3.63) is 33.4 Å². The standard InChI is InChI=1S/C23H25BrClN7O2/c1-22(2,3)34-21(33)29-23(4)8-10-32(11-9-23)20-27-15(12-26)16-18(30-31-19(16)28-20)13-6-5-7-14(24)17(13)25/h5-7H,8-11H2,1-4H3,(H,29,33)(H,27,28,30,31). The number of halogens is 2. The van der Waals surface area contributed by atoms with Gasteiger partial charge in [-0.25, -0.2) is 9.78 Å². The summed E-state index contributed by atoms with van der Waals surface area (Å²) in [5, 5.41) is 21.2. The molecule has 9 nitrogen and oxygen atoms in total. The summed E-state index contributed by atoms with van der Waals surface area (Å²) in [4.78, 5) is 23.4. The van der Waals surface area contributed by atoms with Crippen LogP contribution in [-0.2, 0) is 4.74 Å². The zero-order chi connectivity index (χ0) is 24.7. The summed E-state index contributed by atoms with van der Waals surface area (Å²) in [5.41, 5.74) is 0.933. The van der Waals surface area contributed by atoms with Gasteiger partial charge < -0.3 is 15.0 Å². The number of aromatic nitrogens is 4. The van der Waals surface area contributed by atoms with Gasteiger partial charge in [0.05, 0.1) is 10.4 Å². The van der Waals surface area contributed by atoms with Crippen LogP contribution in [-0.4, -0.2) is 50.5 Å². The van der Waals surface area contributed by atoms with Gasteiger partial charge in [-0.15, -0.1) is 0 Å². The second-order valence-corrected chi connectivity index (χ2v) is 10.8. The molecular formula is C23H25BrClN7O2. The number of fused-ring (bicyclic) bond motifs is 1. The molecule has 3 aromatic rings. The molecule has 0 aliphatic carbocycles. The van der Waals surface area contributed by atoms with E-state index in [-0.39, 0.29) is 5.69 Å². The van der Waals surface area contributed by atoms with Crippen molar-refractivity contribution in [3.63, 3.8) is 0 Å².